The standard InChI is InChI=1S/C31H36Cl2N4O4.ClH/c1-40-31(39)26(20-21-6-12-25(13-7-21)37(18-16-32)19-17-33)36-30(38)28-15-14-27(41-28)22-8-10-23(11-9-22)29(34)35-24-4-2-3-5-24;/h6-15,24,26H,2-5,16-20H2,1H3,(H2,34,35)(H,36,38);1H. The molecule has 0 radical (unpaired) electrons. The first-order chi connectivity index (χ1) is 19.9. The van der Waals surface area contributed by atoms with Crippen LogP contribution in [0.1, 0.15) is 47.4 Å². The highest BCUT2D eigenvalue weighted by Gasteiger charge is 2.24. The average Bonchev–Trinajstić information content (AvgIpc) is 3.70. The number of nitrogens with two attached hydrogens (primary N) is 1. The van der Waals surface area contributed by atoms with Crippen LogP contribution in [-0.2, 0) is 16.0 Å². The molecule has 1 fully saturated rings. The molecule has 1 amide bonds. The van der Waals surface area contributed by atoms with Gasteiger partial charge in [0.05, 0.1) is 13.2 Å². The SMILES string of the molecule is COC(=O)C(Cc1ccc(N(CCCl)CCCl)cc1)NC(=O)c1ccc(-c2ccc(C(N)=NC3CCCC3)cc2)o1.Cl. The van der Waals surface area contributed by atoms with Crippen LogP contribution in [0.3, 0.4) is 0 Å². The summed E-state index contributed by atoms with van der Waals surface area (Å²) in [5, 5.41) is 2.75. The van der Waals surface area contributed by atoms with Gasteiger partial charge >= 0.3 is 5.97 Å². The molecule has 1 aliphatic rings. The van der Waals surface area contributed by atoms with E-state index >= 15 is 0 Å². The highest BCUT2D eigenvalue weighted by molar-refractivity contribution is 6.18. The Bertz CT molecular complexity index is 1320. The molecule has 2 aromatic carbocycles. The lowest BCUT2D eigenvalue weighted by Gasteiger charge is -2.23. The topological polar surface area (TPSA) is 110 Å². The second-order valence-electron chi connectivity index (χ2n) is 9.98. The zero-order chi connectivity index (χ0) is 29.2. The Morgan fingerprint density at radius 3 is 2.26 bits per heavy atom. The third kappa shape index (κ3) is 8.90. The lowest BCUT2D eigenvalue weighted by atomic mass is 10.0. The quantitative estimate of drug-likeness (QED) is 0.106. The fraction of sp³-hybridized carbons (Fsp3) is 0.387. The summed E-state index contributed by atoms with van der Waals surface area (Å²) in [5.41, 5.74) is 9.70. The Hall–Kier alpha value is -3.20. The Kier molecular flexibility index (Phi) is 13.0. The van der Waals surface area contributed by atoms with Crippen molar-refractivity contribution in [3.8, 4) is 11.3 Å². The van der Waals surface area contributed by atoms with Crippen LogP contribution in [0.15, 0.2) is 70.1 Å². The first kappa shape index (κ1) is 33.3. The fourth-order valence-electron chi connectivity index (χ4n) is 4.94. The summed E-state index contributed by atoms with van der Waals surface area (Å²) < 4.78 is 10.8. The lowest BCUT2D eigenvalue weighted by molar-refractivity contribution is -0.142. The molecule has 3 aromatic rings. The molecule has 226 valence electrons. The summed E-state index contributed by atoms with van der Waals surface area (Å²) in [7, 11) is 1.29. The van der Waals surface area contributed by atoms with Crippen molar-refractivity contribution in [2.75, 3.05) is 36.9 Å². The molecule has 42 heavy (non-hydrogen) atoms. The zero-order valence-corrected chi connectivity index (χ0v) is 25.9. The average molecular weight is 636 g/mol. The van der Waals surface area contributed by atoms with Gasteiger partial charge in [0.1, 0.15) is 17.6 Å². The molecule has 0 saturated heterocycles. The number of anilines is 1. The molecule has 1 atom stereocenters. The third-order valence-electron chi connectivity index (χ3n) is 7.18. The largest absolute Gasteiger partial charge is 0.467 e. The number of rotatable bonds is 13. The molecule has 4 rings (SSSR count). The van der Waals surface area contributed by atoms with Gasteiger partial charge in [0.15, 0.2) is 5.76 Å². The minimum Gasteiger partial charge on any atom is -0.467 e. The van der Waals surface area contributed by atoms with Gasteiger partial charge in [-0.1, -0.05) is 49.2 Å². The maximum atomic E-state index is 13.0. The van der Waals surface area contributed by atoms with E-state index < -0.39 is 17.9 Å². The number of amidine groups is 1. The first-order valence-corrected chi connectivity index (χ1v) is 14.9. The number of esters is 1. The highest BCUT2D eigenvalue weighted by Crippen LogP contribution is 2.24. The molecule has 0 bridgehead atoms. The Labute approximate surface area is 263 Å². The van der Waals surface area contributed by atoms with E-state index in [0.29, 0.717) is 42.5 Å². The first-order valence-electron chi connectivity index (χ1n) is 13.8. The van der Waals surface area contributed by atoms with E-state index in [4.69, 9.17) is 38.1 Å². The van der Waals surface area contributed by atoms with Crippen molar-refractivity contribution in [3.63, 3.8) is 0 Å². The number of halogens is 3. The number of alkyl halides is 2. The number of nitrogens with one attached hydrogen (secondary N) is 1. The Morgan fingerprint density at radius 2 is 1.67 bits per heavy atom. The van der Waals surface area contributed by atoms with Crippen molar-refractivity contribution in [3.05, 3.63) is 77.6 Å². The van der Waals surface area contributed by atoms with Gasteiger partial charge in [-0.3, -0.25) is 9.79 Å². The van der Waals surface area contributed by atoms with Crippen molar-refractivity contribution in [1.29, 1.82) is 0 Å². The number of hydrogen-bond acceptors (Lipinski definition) is 6. The Morgan fingerprint density at radius 1 is 1.02 bits per heavy atom. The number of furan rings is 1. The predicted molar refractivity (Wildman–Crippen MR) is 171 cm³/mol. The molecule has 1 saturated carbocycles. The van der Waals surface area contributed by atoms with Gasteiger partial charge in [-0.25, -0.2) is 4.79 Å². The van der Waals surface area contributed by atoms with E-state index in [0.717, 1.165) is 35.2 Å². The van der Waals surface area contributed by atoms with Crippen LogP contribution >= 0.6 is 35.6 Å². The van der Waals surface area contributed by atoms with E-state index in [1.54, 1.807) is 12.1 Å². The summed E-state index contributed by atoms with van der Waals surface area (Å²) in [6, 6.07) is 18.0. The monoisotopic (exact) mass is 634 g/mol. The van der Waals surface area contributed by atoms with Crippen LogP contribution in [0.2, 0.25) is 0 Å². The number of amides is 1. The second kappa shape index (κ2) is 16.4. The highest BCUT2D eigenvalue weighted by atomic mass is 35.5. The number of carbonyl (C=O) groups excluding carboxylic acids is 2. The van der Waals surface area contributed by atoms with Gasteiger partial charge in [-0.2, -0.15) is 0 Å². The summed E-state index contributed by atoms with van der Waals surface area (Å²) in [5.74, 6) is 1.06. The molecular formula is C31H37Cl3N4O4. The molecule has 3 N–H and O–H groups in total. The number of ether oxygens (including phenoxy) is 1. The summed E-state index contributed by atoms with van der Waals surface area (Å²) in [6.07, 6.45) is 4.82. The molecule has 1 heterocycles. The number of aliphatic imine (C=N–C) groups is 1. The number of carbonyl (C=O) groups is 2. The molecule has 8 nitrogen and oxygen atoms in total. The van der Waals surface area contributed by atoms with Gasteiger partial charge in [0, 0.05) is 48.1 Å². The van der Waals surface area contributed by atoms with E-state index in [1.165, 1.54) is 20.0 Å². The normalized spacial score (nSPS) is 14.2. The molecule has 1 aliphatic carbocycles. The minimum absolute atomic E-state index is 0. The predicted octanol–water partition coefficient (Wildman–Crippen LogP) is 5.81. The number of benzene rings is 2. The maximum absolute atomic E-state index is 13.0. The number of nitrogens with zero attached hydrogens (tertiary/aromatic N) is 2. The molecule has 0 aliphatic heterocycles. The van der Waals surface area contributed by atoms with Crippen LogP contribution in [0.25, 0.3) is 11.3 Å². The van der Waals surface area contributed by atoms with Crippen molar-refractivity contribution >= 4 is 59.0 Å². The second-order valence-corrected chi connectivity index (χ2v) is 10.7. The van der Waals surface area contributed by atoms with Gasteiger partial charge in [-0.15, -0.1) is 35.6 Å². The van der Waals surface area contributed by atoms with Crippen LogP contribution in [0.4, 0.5) is 5.69 Å². The molecule has 1 aromatic heterocycles. The van der Waals surface area contributed by atoms with Crippen LogP contribution in [0, 0.1) is 0 Å². The van der Waals surface area contributed by atoms with Gasteiger partial charge < -0.3 is 25.1 Å². The summed E-state index contributed by atoms with van der Waals surface area (Å²) in [6.45, 7) is 1.35. The zero-order valence-electron chi connectivity index (χ0n) is 23.6. The van der Waals surface area contributed by atoms with Crippen LogP contribution < -0.4 is 16.0 Å². The van der Waals surface area contributed by atoms with E-state index in [2.05, 4.69) is 15.2 Å². The smallest absolute Gasteiger partial charge is 0.328 e. The van der Waals surface area contributed by atoms with Crippen LogP contribution in [-0.4, -0.2) is 61.8 Å². The maximum Gasteiger partial charge on any atom is 0.328 e. The number of hydrogen-bond donors (Lipinski definition) is 2. The van der Waals surface area contributed by atoms with Crippen molar-refractivity contribution in [2.24, 2.45) is 10.7 Å². The minimum atomic E-state index is -0.893. The van der Waals surface area contributed by atoms with Gasteiger partial charge in [0.25, 0.3) is 5.91 Å². The van der Waals surface area contributed by atoms with Crippen molar-refractivity contribution < 1.29 is 18.7 Å². The molecule has 11 heteroatoms. The molecule has 0 spiro atoms. The van der Waals surface area contributed by atoms with Gasteiger partial charge in [-0.05, 0) is 42.7 Å². The van der Waals surface area contributed by atoms with Crippen LogP contribution in [0.5, 0.6) is 0 Å². The molecular weight excluding hydrogens is 599 g/mol. The number of methoxy groups -OCH3 is 1. The van der Waals surface area contributed by atoms with Crippen molar-refractivity contribution in [1.82, 2.24) is 5.32 Å². The fourth-order valence-corrected chi connectivity index (χ4v) is 5.35. The Balaban J connectivity index is 0.00000484. The van der Waals surface area contributed by atoms with E-state index in [1.807, 2.05) is 48.5 Å². The van der Waals surface area contributed by atoms with Crippen molar-refractivity contribution in [2.45, 2.75) is 44.2 Å². The molecule has 1 unspecified atom stereocenters. The lowest BCUT2D eigenvalue weighted by Crippen LogP contribution is -2.43. The summed E-state index contributed by atoms with van der Waals surface area (Å²) >= 11 is 11.8. The van der Waals surface area contributed by atoms with E-state index in [9.17, 15) is 9.59 Å². The third-order valence-corrected chi connectivity index (χ3v) is 7.52. The van der Waals surface area contributed by atoms with Gasteiger partial charge in [0.2, 0.25) is 0 Å². The summed E-state index contributed by atoms with van der Waals surface area (Å²) in [4.78, 5) is 32.3. The van der Waals surface area contributed by atoms with E-state index in [-0.39, 0.29) is 24.6 Å².